The minimum absolute atomic E-state index is 0.108. The molecule has 0 radical (unpaired) electrons. The summed E-state index contributed by atoms with van der Waals surface area (Å²) >= 11 is 3.40. The van der Waals surface area contributed by atoms with E-state index in [4.69, 9.17) is 9.47 Å². The van der Waals surface area contributed by atoms with Crippen molar-refractivity contribution in [2.24, 2.45) is 0 Å². The molecule has 0 aromatic carbocycles. The molecule has 2 heterocycles. The van der Waals surface area contributed by atoms with E-state index in [9.17, 15) is 4.79 Å². The zero-order chi connectivity index (χ0) is 16.1. The van der Waals surface area contributed by atoms with Gasteiger partial charge in [-0.3, -0.25) is 4.90 Å². The van der Waals surface area contributed by atoms with E-state index in [0.717, 1.165) is 29.8 Å². The molecule has 22 heavy (non-hydrogen) atoms. The van der Waals surface area contributed by atoms with E-state index < -0.39 is 6.09 Å². The Balaban J connectivity index is 2.05. The summed E-state index contributed by atoms with van der Waals surface area (Å²) in [6.07, 6.45) is 3.38. The summed E-state index contributed by atoms with van der Waals surface area (Å²) in [4.78, 5) is 21.5. The van der Waals surface area contributed by atoms with Crippen LogP contribution in [0.15, 0.2) is 10.8 Å². The minimum Gasteiger partial charge on any atom is -0.453 e. The number of aromatic amines is 1. The molecule has 2 rings (SSSR count). The molecular formula is C14H23BrN4O3. The lowest BCUT2D eigenvalue weighted by molar-refractivity contribution is 0.0607. The molecule has 0 unspecified atom stereocenters. The smallest absolute Gasteiger partial charge is 0.407 e. The van der Waals surface area contributed by atoms with Gasteiger partial charge in [0.1, 0.15) is 10.4 Å². The monoisotopic (exact) mass is 374 g/mol. The highest BCUT2D eigenvalue weighted by Crippen LogP contribution is 2.30. The Bertz CT molecular complexity index is 496. The van der Waals surface area contributed by atoms with Crippen molar-refractivity contribution in [3.8, 4) is 0 Å². The lowest BCUT2D eigenvalue weighted by Gasteiger charge is -2.31. The molecule has 0 bridgehead atoms. The van der Waals surface area contributed by atoms with Crippen molar-refractivity contribution in [1.82, 2.24) is 20.2 Å². The summed E-state index contributed by atoms with van der Waals surface area (Å²) in [5.41, 5.74) is 0. The Kier molecular flexibility index (Phi) is 6.22. The summed E-state index contributed by atoms with van der Waals surface area (Å²) in [5, 5.41) is 2.85. The molecule has 1 saturated heterocycles. The zero-order valence-electron chi connectivity index (χ0n) is 13.1. The first-order valence-corrected chi connectivity index (χ1v) is 8.16. The zero-order valence-corrected chi connectivity index (χ0v) is 14.7. The second kappa shape index (κ2) is 7.94. The lowest BCUT2D eigenvalue weighted by atomic mass is 10.1. The number of likely N-dealkylation sites (tertiary alicyclic amines) is 1. The number of alkyl carbamates (subject to hydrolysis) is 1. The highest BCUT2D eigenvalue weighted by molar-refractivity contribution is 9.10. The summed E-state index contributed by atoms with van der Waals surface area (Å²) in [7, 11) is 3.00. The van der Waals surface area contributed by atoms with Crippen molar-refractivity contribution in [2.45, 2.75) is 38.0 Å². The molecule has 8 heteroatoms. The molecule has 3 atom stereocenters. The van der Waals surface area contributed by atoms with Gasteiger partial charge in [-0.1, -0.05) is 0 Å². The SMILES string of the molecule is COC(=O)N[C@H](CN1CCC[C@H]1c1ncc(Br)[nH]1)[C@@H](C)OC. The second-order valence-electron chi connectivity index (χ2n) is 5.45. The van der Waals surface area contributed by atoms with Gasteiger partial charge in [0.05, 0.1) is 31.5 Å². The lowest BCUT2D eigenvalue weighted by Crippen LogP contribution is -2.50. The van der Waals surface area contributed by atoms with Crippen molar-refractivity contribution in [2.75, 3.05) is 27.3 Å². The third-order valence-electron chi connectivity index (χ3n) is 4.10. The van der Waals surface area contributed by atoms with Crippen LogP contribution in [0, 0.1) is 0 Å². The molecule has 0 spiro atoms. The van der Waals surface area contributed by atoms with Gasteiger partial charge in [-0.05, 0) is 42.2 Å². The number of carbonyl (C=O) groups is 1. The summed E-state index contributed by atoms with van der Waals surface area (Å²) in [6, 6.07) is 0.0914. The Morgan fingerprint density at radius 1 is 1.64 bits per heavy atom. The molecule has 1 aliphatic heterocycles. The van der Waals surface area contributed by atoms with E-state index in [2.05, 4.69) is 36.1 Å². The first-order valence-electron chi connectivity index (χ1n) is 7.37. The number of nitrogens with one attached hydrogen (secondary N) is 2. The maximum Gasteiger partial charge on any atom is 0.407 e. The Labute approximate surface area is 138 Å². The van der Waals surface area contributed by atoms with Crippen molar-refractivity contribution in [1.29, 1.82) is 0 Å². The van der Waals surface area contributed by atoms with Crippen molar-refractivity contribution >= 4 is 22.0 Å². The average molecular weight is 375 g/mol. The number of methoxy groups -OCH3 is 2. The molecule has 1 aromatic rings. The number of aromatic nitrogens is 2. The maximum absolute atomic E-state index is 11.5. The maximum atomic E-state index is 11.5. The van der Waals surface area contributed by atoms with E-state index in [1.54, 1.807) is 13.3 Å². The van der Waals surface area contributed by atoms with E-state index in [1.807, 2.05) is 6.92 Å². The summed E-state index contributed by atoms with van der Waals surface area (Å²) in [6.45, 7) is 3.60. The minimum atomic E-state index is -0.439. The standard InChI is InChI=1S/C14H23BrN4O3/c1-9(21-2)10(17-14(20)22-3)8-19-6-4-5-11(19)13-16-7-12(15)18-13/h7,9-11H,4-6,8H2,1-3H3,(H,16,18)(H,17,20)/t9-,10-,11+/m1/s1. The van der Waals surface area contributed by atoms with Gasteiger partial charge in [0.2, 0.25) is 0 Å². The Morgan fingerprint density at radius 3 is 3.00 bits per heavy atom. The first-order chi connectivity index (χ1) is 10.5. The van der Waals surface area contributed by atoms with E-state index in [1.165, 1.54) is 7.11 Å². The van der Waals surface area contributed by atoms with Crippen LogP contribution in [0.4, 0.5) is 4.79 Å². The van der Waals surface area contributed by atoms with Gasteiger partial charge >= 0.3 is 6.09 Å². The predicted octanol–water partition coefficient (Wildman–Crippen LogP) is 2.07. The summed E-state index contributed by atoms with van der Waals surface area (Å²) < 4.78 is 11.0. The van der Waals surface area contributed by atoms with Crippen LogP contribution in [0.25, 0.3) is 0 Å². The van der Waals surface area contributed by atoms with Crippen LogP contribution >= 0.6 is 15.9 Å². The molecule has 1 fully saturated rings. The molecular weight excluding hydrogens is 352 g/mol. The molecule has 124 valence electrons. The molecule has 1 amide bonds. The van der Waals surface area contributed by atoms with Crippen LogP contribution in [-0.2, 0) is 9.47 Å². The first kappa shape index (κ1) is 17.2. The molecule has 0 saturated carbocycles. The molecule has 2 N–H and O–H groups in total. The highest BCUT2D eigenvalue weighted by Gasteiger charge is 2.32. The average Bonchev–Trinajstić information content (AvgIpc) is 3.14. The molecule has 1 aliphatic rings. The second-order valence-corrected chi connectivity index (χ2v) is 6.31. The van der Waals surface area contributed by atoms with Crippen molar-refractivity contribution in [3.63, 3.8) is 0 Å². The number of carbonyl (C=O) groups excluding carboxylic acids is 1. The third-order valence-corrected chi connectivity index (χ3v) is 4.51. The van der Waals surface area contributed by atoms with Gasteiger partial charge < -0.3 is 19.8 Å². The number of halogens is 1. The van der Waals surface area contributed by atoms with Crippen molar-refractivity contribution < 1.29 is 14.3 Å². The van der Waals surface area contributed by atoms with Crippen LogP contribution in [0.3, 0.4) is 0 Å². The van der Waals surface area contributed by atoms with E-state index in [0.29, 0.717) is 6.54 Å². The molecule has 7 nitrogen and oxygen atoms in total. The van der Waals surface area contributed by atoms with Gasteiger partial charge in [-0.15, -0.1) is 0 Å². The fourth-order valence-corrected chi connectivity index (χ4v) is 3.08. The van der Waals surface area contributed by atoms with E-state index >= 15 is 0 Å². The Hall–Kier alpha value is -1.12. The Morgan fingerprint density at radius 2 is 2.41 bits per heavy atom. The van der Waals surface area contributed by atoms with Crippen LogP contribution in [0.1, 0.15) is 31.6 Å². The van der Waals surface area contributed by atoms with Gasteiger partial charge in [-0.2, -0.15) is 0 Å². The number of amides is 1. The van der Waals surface area contributed by atoms with Gasteiger partial charge in [0.15, 0.2) is 0 Å². The largest absolute Gasteiger partial charge is 0.453 e. The predicted molar refractivity (Wildman–Crippen MR) is 85.6 cm³/mol. The fourth-order valence-electron chi connectivity index (χ4n) is 2.78. The van der Waals surface area contributed by atoms with Crippen LogP contribution in [0.5, 0.6) is 0 Å². The number of nitrogens with zero attached hydrogens (tertiary/aromatic N) is 2. The third kappa shape index (κ3) is 4.21. The number of ether oxygens (including phenoxy) is 2. The van der Waals surface area contributed by atoms with Gasteiger partial charge in [0.25, 0.3) is 0 Å². The number of rotatable bonds is 6. The van der Waals surface area contributed by atoms with E-state index in [-0.39, 0.29) is 18.2 Å². The van der Waals surface area contributed by atoms with Gasteiger partial charge in [0, 0.05) is 13.7 Å². The highest BCUT2D eigenvalue weighted by atomic mass is 79.9. The number of imidazole rings is 1. The fraction of sp³-hybridized carbons (Fsp3) is 0.714. The van der Waals surface area contributed by atoms with Crippen molar-refractivity contribution in [3.05, 3.63) is 16.6 Å². The number of hydrogen-bond donors (Lipinski definition) is 2. The van der Waals surface area contributed by atoms with Gasteiger partial charge in [-0.25, -0.2) is 9.78 Å². The quantitative estimate of drug-likeness (QED) is 0.796. The topological polar surface area (TPSA) is 79.5 Å². The van der Waals surface area contributed by atoms with Crippen LogP contribution in [-0.4, -0.2) is 60.4 Å². The van der Waals surface area contributed by atoms with Crippen LogP contribution in [0.2, 0.25) is 0 Å². The number of hydrogen-bond acceptors (Lipinski definition) is 5. The summed E-state index contributed by atoms with van der Waals surface area (Å²) in [5.74, 6) is 0.950. The number of H-pyrrole nitrogens is 1. The van der Waals surface area contributed by atoms with Crippen LogP contribution < -0.4 is 5.32 Å². The molecule has 1 aromatic heterocycles. The molecule has 0 aliphatic carbocycles. The normalized spacial score (nSPS) is 21.5.